The van der Waals surface area contributed by atoms with Gasteiger partial charge in [0.2, 0.25) is 5.91 Å². The zero-order valence-electron chi connectivity index (χ0n) is 30.7. The first-order valence-electron chi connectivity index (χ1n) is 19.1. The Morgan fingerprint density at radius 2 is 0.938 bits per heavy atom. The Balaban J connectivity index is 3.74. The predicted molar refractivity (Wildman–Crippen MR) is 211 cm³/mol. The van der Waals surface area contributed by atoms with Gasteiger partial charge in [0.15, 0.2) is 0 Å². The maximum absolute atomic E-state index is 12.3. The van der Waals surface area contributed by atoms with Crippen LogP contribution in [0.3, 0.4) is 0 Å². The number of allylic oxidation sites excluding steroid dienone is 17. The summed E-state index contributed by atoms with van der Waals surface area (Å²) in [5, 5.41) is 22.8. The van der Waals surface area contributed by atoms with Gasteiger partial charge in [0.1, 0.15) is 0 Å². The summed E-state index contributed by atoms with van der Waals surface area (Å²) in [4.78, 5) is 12.3. The zero-order valence-corrected chi connectivity index (χ0v) is 30.7. The topological polar surface area (TPSA) is 69.6 Å². The molecule has 0 radical (unpaired) electrons. The summed E-state index contributed by atoms with van der Waals surface area (Å²) in [5.74, 6) is -0.102. The van der Waals surface area contributed by atoms with E-state index < -0.39 is 12.1 Å². The number of carbonyl (C=O) groups is 1. The first-order valence-corrected chi connectivity index (χ1v) is 19.1. The second-order valence-electron chi connectivity index (χ2n) is 12.2. The third kappa shape index (κ3) is 34.4. The van der Waals surface area contributed by atoms with Crippen molar-refractivity contribution in [1.29, 1.82) is 0 Å². The lowest BCUT2D eigenvalue weighted by atomic mass is 10.1. The first-order chi connectivity index (χ1) is 23.7. The van der Waals surface area contributed by atoms with Gasteiger partial charge in [-0.2, -0.15) is 0 Å². The molecule has 3 N–H and O–H groups in total. The van der Waals surface area contributed by atoms with Crippen molar-refractivity contribution in [2.24, 2.45) is 0 Å². The van der Waals surface area contributed by atoms with E-state index in [0.717, 1.165) is 96.3 Å². The molecule has 0 aromatic heterocycles. The van der Waals surface area contributed by atoms with Gasteiger partial charge < -0.3 is 15.5 Å². The summed E-state index contributed by atoms with van der Waals surface area (Å²) in [5.41, 5.74) is 0. The molecule has 4 nitrogen and oxygen atoms in total. The summed E-state index contributed by atoms with van der Waals surface area (Å²) in [7, 11) is 0. The standard InChI is InChI=1S/C44H71NO3/c1-3-5-7-9-11-13-15-16-17-18-19-20-21-22-23-24-25-26-27-28-30-32-34-36-38-40-44(48)45-42(41-46)43(47)39-37-35-33-31-29-14-12-10-8-6-4-2/h5,7-8,10-11,13,16-17,19-20,22-23,25-26,29,31,37,39,42-43,46-47H,3-4,6,9,12,14-15,18,21,24,27-28,30,32-36,38,40-41H2,1-2H3,(H,45,48)/b7-5-,10-8+,13-11-,17-16-,20-19-,23-22-,26-25-,31-29+,39-37+. The molecular weight excluding hydrogens is 590 g/mol. The molecular formula is C44H71NO3. The van der Waals surface area contributed by atoms with Crippen LogP contribution >= 0.6 is 0 Å². The Labute approximate surface area is 296 Å². The van der Waals surface area contributed by atoms with Crippen molar-refractivity contribution in [1.82, 2.24) is 5.32 Å². The molecule has 2 unspecified atom stereocenters. The van der Waals surface area contributed by atoms with Crippen LogP contribution in [0.4, 0.5) is 0 Å². The SMILES string of the molecule is CC/C=C\C/C=C\C/C=C\C/C=C\C/C=C\C/C=C\CCCCCCCCC(=O)NC(CO)C(O)/C=C/CC/C=C/CC/C=C/CCC. The molecule has 0 aliphatic carbocycles. The second kappa shape index (κ2) is 38.5. The van der Waals surface area contributed by atoms with Crippen molar-refractivity contribution in [2.45, 2.75) is 154 Å². The van der Waals surface area contributed by atoms with Crippen LogP contribution in [0.25, 0.3) is 0 Å². The lowest BCUT2D eigenvalue weighted by Crippen LogP contribution is -2.45. The number of aliphatic hydroxyl groups excluding tert-OH is 2. The van der Waals surface area contributed by atoms with Gasteiger partial charge in [-0.25, -0.2) is 0 Å². The largest absolute Gasteiger partial charge is 0.394 e. The molecule has 0 saturated carbocycles. The molecule has 0 spiro atoms. The van der Waals surface area contributed by atoms with Crippen LogP contribution in [-0.2, 0) is 4.79 Å². The molecule has 0 saturated heterocycles. The van der Waals surface area contributed by atoms with Gasteiger partial charge in [-0.3, -0.25) is 4.79 Å². The fourth-order valence-corrected chi connectivity index (χ4v) is 4.81. The molecule has 0 aromatic carbocycles. The van der Waals surface area contributed by atoms with Gasteiger partial charge in [-0.15, -0.1) is 0 Å². The molecule has 0 heterocycles. The number of amides is 1. The van der Waals surface area contributed by atoms with E-state index >= 15 is 0 Å². The number of unbranched alkanes of at least 4 members (excludes halogenated alkanes) is 9. The molecule has 4 heteroatoms. The third-order valence-electron chi connectivity index (χ3n) is 7.70. The van der Waals surface area contributed by atoms with Crippen molar-refractivity contribution in [3.05, 3.63) is 109 Å². The highest BCUT2D eigenvalue weighted by molar-refractivity contribution is 5.76. The molecule has 0 fully saturated rings. The number of nitrogens with one attached hydrogen (secondary N) is 1. The highest BCUT2D eigenvalue weighted by Gasteiger charge is 2.17. The van der Waals surface area contributed by atoms with Crippen LogP contribution in [-0.4, -0.2) is 34.9 Å². The molecule has 48 heavy (non-hydrogen) atoms. The van der Waals surface area contributed by atoms with Crippen molar-refractivity contribution in [2.75, 3.05) is 6.61 Å². The van der Waals surface area contributed by atoms with E-state index in [1.165, 1.54) is 25.7 Å². The second-order valence-corrected chi connectivity index (χ2v) is 12.2. The lowest BCUT2D eigenvalue weighted by molar-refractivity contribution is -0.123. The van der Waals surface area contributed by atoms with Gasteiger partial charge in [-0.1, -0.05) is 155 Å². The summed E-state index contributed by atoms with van der Waals surface area (Å²) in [6.07, 6.45) is 58.9. The van der Waals surface area contributed by atoms with Crippen LogP contribution in [0.15, 0.2) is 109 Å². The summed E-state index contributed by atoms with van der Waals surface area (Å²) in [6, 6.07) is -0.659. The molecule has 1 amide bonds. The first kappa shape index (κ1) is 45.1. The van der Waals surface area contributed by atoms with Gasteiger partial charge in [-0.05, 0) is 89.9 Å². The average Bonchev–Trinajstić information content (AvgIpc) is 3.09. The molecule has 0 aromatic rings. The monoisotopic (exact) mass is 662 g/mol. The van der Waals surface area contributed by atoms with Gasteiger partial charge >= 0.3 is 0 Å². The van der Waals surface area contributed by atoms with Crippen LogP contribution in [0.2, 0.25) is 0 Å². The molecule has 0 aliphatic heterocycles. The fraction of sp³-hybridized carbons (Fsp3) is 0.568. The predicted octanol–water partition coefficient (Wildman–Crippen LogP) is 11.7. The van der Waals surface area contributed by atoms with Crippen molar-refractivity contribution in [3.8, 4) is 0 Å². The molecule has 0 aliphatic rings. The quantitative estimate of drug-likeness (QED) is 0.0496. The van der Waals surface area contributed by atoms with Crippen LogP contribution in [0, 0.1) is 0 Å². The number of rotatable bonds is 32. The lowest BCUT2D eigenvalue weighted by Gasteiger charge is -2.19. The Kier molecular flexibility index (Phi) is 36.1. The molecule has 0 rings (SSSR count). The molecule has 0 bridgehead atoms. The Hall–Kier alpha value is -2.95. The van der Waals surface area contributed by atoms with Crippen LogP contribution in [0.5, 0.6) is 0 Å². The van der Waals surface area contributed by atoms with E-state index in [1.807, 2.05) is 6.08 Å². The summed E-state index contributed by atoms with van der Waals surface area (Å²) < 4.78 is 0. The van der Waals surface area contributed by atoms with Crippen LogP contribution in [0.1, 0.15) is 142 Å². The number of carbonyl (C=O) groups excluding carboxylic acids is 1. The summed E-state index contributed by atoms with van der Waals surface area (Å²) >= 11 is 0. The minimum atomic E-state index is -0.882. The van der Waals surface area contributed by atoms with E-state index in [4.69, 9.17) is 0 Å². The highest BCUT2D eigenvalue weighted by atomic mass is 16.3. The minimum absolute atomic E-state index is 0.102. The van der Waals surface area contributed by atoms with E-state index in [0.29, 0.717) is 6.42 Å². The molecule has 2 atom stereocenters. The number of hydrogen-bond acceptors (Lipinski definition) is 3. The maximum Gasteiger partial charge on any atom is 0.220 e. The van der Waals surface area contributed by atoms with E-state index in [1.54, 1.807) is 6.08 Å². The van der Waals surface area contributed by atoms with E-state index in [9.17, 15) is 15.0 Å². The van der Waals surface area contributed by atoms with Crippen molar-refractivity contribution < 1.29 is 15.0 Å². The van der Waals surface area contributed by atoms with Crippen molar-refractivity contribution >= 4 is 5.91 Å². The van der Waals surface area contributed by atoms with Gasteiger partial charge in [0.05, 0.1) is 18.8 Å². The number of aliphatic hydroxyl groups is 2. The van der Waals surface area contributed by atoms with Gasteiger partial charge in [0, 0.05) is 6.42 Å². The minimum Gasteiger partial charge on any atom is -0.394 e. The van der Waals surface area contributed by atoms with Crippen molar-refractivity contribution in [3.63, 3.8) is 0 Å². The fourth-order valence-electron chi connectivity index (χ4n) is 4.81. The highest BCUT2D eigenvalue weighted by Crippen LogP contribution is 2.10. The number of hydrogen-bond donors (Lipinski definition) is 3. The normalized spacial score (nSPS) is 14.3. The Morgan fingerprint density at radius 1 is 0.521 bits per heavy atom. The van der Waals surface area contributed by atoms with E-state index in [2.05, 4.69) is 116 Å². The summed E-state index contributed by atoms with van der Waals surface area (Å²) in [6.45, 7) is 4.07. The molecule has 270 valence electrons. The Bertz CT molecular complexity index is 979. The van der Waals surface area contributed by atoms with Gasteiger partial charge in [0.25, 0.3) is 0 Å². The Morgan fingerprint density at radius 3 is 1.44 bits per heavy atom. The smallest absolute Gasteiger partial charge is 0.220 e. The zero-order chi connectivity index (χ0) is 35.0. The average molecular weight is 662 g/mol. The van der Waals surface area contributed by atoms with Crippen LogP contribution < -0.4 is 5.32 Å². The third-order valence-corrected chi connectivity index (χ3v) is 7.70. The maximum atomic E-state index is 12.3. The van der Waals surface area contributed by atoms with E-state index in [-0.39, 0.29) is 12.5 Å².